The van der Waals surface area contributed by atoms with Crippen LogP contribution in [0.5, 0.6) is 5.75 Å². The Labute approximate surface area is 114 Å². The van der Waals surface area contributed by atoms with Crippen LogP contribution in [0.1, 0.15) is 12.8 Å². The normalized spacial score (nSPS) is 10.3. The van der Waals surface area contributed by atoms with Gasteiger partial charge in [-0.25, -0.2) is 0 Å². The Hall–Kier alpha value is -0.710. The van der Waals surface area contributed by atoms with Crippen molar-refractivity contribution in [2.24, 2.45) is 0 Å². The highest BCUT2D eigenvalue weighted by Gasteiger charge is 2.18. The number of halogens is 3. The van der Waals surface area contributed by atoms with Crippen LogP contribution in [-0.4, -0.2) is 17.4 Å². The number of benzene rings is 1. The highest BCUT2D eigenvalue weighted by Crippen LogP contribution is 2.35. The zero-order chi connectivity index (χ0) is 12.8. The van der Waals surface area contributed by atoms with E-state index in [-0.39, 0.29) is 21.5 Å². The van der Waals surface area contributed by atoms with Gasteiger partial charge in [-0.05, 0) is 12.8 Å². The van der Waals surface area contributed by atoms with Gasteiger partial charge in [0.2, 0.25) is 0 Å². The zero-order valence-corrected chi connectivity index (χ0v) is 11.1. The van der Waals surface area contributed by atoms with Crippen LogP contribution in [0.25, 0.3) is 0 Å². The van der Waals surface area contributed by atoms with Crippen molar-refractivity contribution in [2.75, 3.05) is 12.5 Å². The Kier molecular flexibility index (Phi) is 5.82. The molecule has 0 spiro atoms. The fourth-order valence-electron chi connectivity index (χ4n) is 1.16. The summed E-state index contributed by atoms with van der Waals surface area (Å²) in [5, 5.41) is 11.1. The lowest BCUT2D eigenvalue weighted by Crippen LogP contribution is -2.01. The smallest absolute Gasteiger partial charge is 0.312 e. The highest BCUT2D eigenvalue weighted by atomic mass is 35.5. The van der Waals surface area contributed by atoms with E-state index in [2.05, 4.69) is 0 Å². The van der Waals surface area contributed by atoms with Gasteiger partial charge in [0.1, 0.15) is 0 Å². The van der Waals surface area contributed by atoms with Gasteiger partial charge in [-0.3, -0.25) is 10.1 Å². The average Bonchev–Trinajstić information content (AvgIpc) is 2.28. The number of hydrogen-bond acceptors (Lipinski definition) is 3. The van der Waals surface area contributed by atoms with Crippen LogP contribution in [0.3, 0.4) is 0 Å². The van der Waals surface area contributed by atoms with E-state index in [1.165, 1.54) is 12.1 Å². The molecule has 0 N–H and O–H groups in total. The van der Waals surface area contributed by atoms with E-state index >= 15 is 0 Å². The quantitative estimate of drug-likeness (QED) is 0.340. The minimum absolute atomic E-state index is 0.124. The molecule has 0 aliphatic carbocycles. The number of hydrogen-bond donors (Lipinski definition) is 0. The van der Waals surface area contributed by atoms with E-state index in [9.17, 15) is 10.1 Å². The third-order valence-electron chi connectivity index (χ3n) is 1.98. The van der Waals surface area contributed by atoms with Crippen molar-refractivity contribution in [3.05, 3.63) is 32.3 Å². The van der Waals surface area contributed by atoms with Crippen LogP contribution >= 0.6 is 34.8 Å². The summed E-state index contributed by atoms with van der Waals surface area (Å²) >= 11 is 17.0. The van der Waals surface area contributed by atoms with Crippen LogP contribution < -0.4 is 4.74 Å². The number of ether oxygens (including phenoxy) is 1. The van der Waals surface area contributed by atoms with Crippen LogP contribution in [-0.2, 0) is 0 Å². The van der Waals surface area contributed by atoms with Crippen molar-refractivity contribution in [3.63, 3.8) is 0 Å². The summed E-state index contributed by atoms with van der Waals surface area (Å²) in [7, 11) is 0. The standard InChI is InChI=1S/C10H10Cl3NO3/c11-3-1-2-4-17-10-6-8(13)7(12)5-9(10)14(15)16/h5-6H,1-4H2. The van der Waals surface area contributed by atoms with Gasteiger partial charge in [0.25, 0.3) is 0 Å². The fraction of sp³-hybridized carbons (Fsp3) is 0.400. The molecule has 0 aromatic heterocycles. The second-order valence-electron chi connectivity index (χ2n) is 3.24. The molecule has 0 heterocycles. The van der Waals surface area contributed by atoms with Crippen LogP contribution in [0.15, 0.2) is 12.1 Å². The molecule has 0 saturated heterocycles. The predicted molar refractivity (Wildman–Crippen MR) is 68.6 cm³/mol. The first-order valence-electron chi connectivity index (χ1n) is 4.88. The molecule has 1 aromatic rings. The maximum atomic E-state index is 10.8. The summed E-state index contributed by atoms with van der Waals surface area (Å²) in [5.41, 5.74) is -0.190. The van der Waals surface area contributed by atoms with Gasteiger partial charge in [0.05, 0.1) is 21.6 Å². The fourth-order valence-corrected chi connectivity index (χ4v) is 1.66. The largest absolute Gasteiger partial charge is 0.487 e. The summed E-state index contributed by atoms with van der Waals surface area (Å²) < 4.78 is 5.29. The Morgan fingerprint density at radius 2 is 1.88 bits per heavy atom. The monoisotopic (exact) mass is 297 g/mol. The summed E-state index contributed by atoms with van der Waals surface area (Å²) in [6.07, 6.45) is 1.51. The Balaban J connectivity index is 2.81. The highest BCUT2D eigenvalue weighted by molar-refractivity contribution is 6.42. The van der Waals surface area contributed by atoms with E-state index in [1.807, 2.05) is 0 Å². The molecule has 7 heteroatoms. The summed E-state index contributed by atoms with van der Waals surface area (Å²) in [5.74, 6) is 0.659. The number of rotatable bonds is 6. The molecule has 17 heavy (non-hydrogen) atoms. The molecule has 1 aromatic carbocycles. The van der Waals surface area contributed by atoms with Crippen LogP contribution in [0.4, 0.5) is 5.69 Å². The summed E-state index contributed by atoms with van der Waals surface area (Å²) in [4.78, 5) is 10.2. The first-order valence-corrected chi connectivity index (χ1v) is 6.17. The lowest BCUT2D eigenvalue weighted by Gasteiger charge is -2.07. The Morgan fingerprint density at radius 1 is 1.24 bits per heavy atom. The molecule has 0 atom stereocenters. The maximum Gasteiger partial charge on any atom is 0.312 e. The van der Waals surface area contributed by atoms with Crippen molar-refractivity contribution in [3.8, 4) is 5.75 Å². The SMILES string of the molecule is O=[N+]([O-])c1cc(Cl)c(Cl)cc1OCCCCCl. The zero-order valence-electron chi connectivity index (χ0n) is 8.79. The van der Waals surface area contributed by atoms with Crippen molar-refractivity contribution in [1.82, 2.24) is 0 Å². The van der Waals surface area contributed by atoms with Gasteiger partial charge in [0, 0.05) is 18.0 Å². The number of alkyl halides is 1. The summed E-state index contributed by atoms with van der Waals surface area (Å²) in [6, 6.07) is 2.53. The van der Waals surface area contributed by atoms with Crippen LogP contribution in [0, 0.1) is 10.1 Å². The molecule has 0 aliphatic heterocycles. The first-order chi connectivity index (χ1) is 8.06. The van der Waals surface area contributed by atoms with E-state index < -0.39 is 4.92 Å². The first kappa shape index (κ1) is 14.4. The van der Waals surface area contributed by atoms with Gasteiger partial charge in [-0.1, -0.05) is 23.2 Å². The number of nitro groups is 1. The van der Waals surface area contributed by atoms with E-state index in [4.69, 9.17) is 39.5 Å². The minimum Gasteiger partial charge on any atom is -0.487 e. The average molecular weight is 299 g/mol. The molecule has 4 nitrogen and oxygen atoms in total. The van der Waals surface area contributed by atoms with Crippen LogP contribution in [0.2, 0.25) is 10.0 Å². The molecule has 0 saturated carbocycles. The Bertz CT molecular complexity index is 412. The molecule has 0 unspecified atom stereocenters. The molecule has 94 valence electrons. The predicted octanol–water partition coefficient (Wildman–Crippen LogP) is 4.30. The number of nitrogens with zero attached hydrogens (tertiary/aromatic N) is 1. The second-order valence-corrected chi connectivity index (χ2v) is 4.43. The van der Waals surface area contributed by atoms with Gasteiger partial charge in [0.15, 0.2) is 5.75 Å². The third-order valence-corrected chi connectivity index (χ3v) is 2.97. The summed E-state index contributed by atoms with van der Waals surface area (Å²) in [6.45, 7) is 0.353. The molecule has 0 radical (unpaired) electrons. The van der Waals surface area contributed by atoms with E-state index in [1.54, 1.807) is 0 Å². The van der Waals surface area contributed by atoms with Crippen molar-refractivity contribution < 1.29 is 9.66 Å². The molecule has 0 bridgehead atoms. The lowest BCUT2D eigenvalue weighted by atomic mass is 10.3. The lowest BCUT2D eigenvalue weighted by molar-refractivity contribution is -0.385. The molecule has 0 aliphatic rings. The molecule has 0 fully saturated rings. The van der Waals surface area contributed by atoms with Crippen molar-refractivity contribution >= 4 is 40.5 Å². The second kappa shape index (κ2) is 6.89. The molecular formula is C10H10Cl3NO3. The van der Waals surface area contributed by atoms with Crippen molar-refractivity contribution in [2.45, 2.75) is 12.8 Å². The van der Waals surface area contributed by atoms with Gasteiger partial charge >= 0.3 is 5.69 Å². The molecule has 0 amide bonds. The van der Waals surface area contributed by atoms with E-state index in [0.29, 0.717) is 12.5 Å². The maximum absolute atomic E-state index is 10.8. The molecular weight excluding hydrogens is 288 g/mol. The van der Waals surface area contributed by atoms with E-state index in [0.717, 1.165) is 12.8 Å². The van der Waals surface area contributed by atoms with Gasteiger partial charge in [-0.2, -0.15) is 0 Å². The Morgan fingerprint density at radius 3 is 2.47 bits per heavy atom. The molecule has 1 rings (SSSR count). The number of unbranched alkanes of at least 4 members (excludes halogenated alkanes) is 1. The van der Waals surface area contributed by atoms with Crippen molar-refractivity contribution in [1.29, 1.82) is 0 Å². The van der Waals surface area contributed by atoms with Gasteiger partial charge in [-0.15, -0.1) is 11.6 Å². The van der Waals surface area contributed by atoms with Gasteiger partial charge < -0.3 is 4.74 Å². The third kappa shape index (κ3) is 4.22. The number of nitro benzene ring substituents is 1. The topological polar surface area (TPSA) is 52.4 Å². The minimum atomic E-state index is -0.556.